The number of nitrogens with zero attached hydrogens (tertiary/aromatic N) is 2. The van der Waals surface area contributed by atoms with Gasteiger partial charge < -0.3 is 9.80 Å². The number of hydrogen-bond acceptors (Lipinski definition) is 2. The van der Waals surface area contributed by atoms with Crippen molar-refractivity contribution >= 4 is 0 Å². The molecule has 1 aliphatic rings. The van der Waals surface area contributed by atoms with Gasteiger partial charge in [-0.15, -0.1) is 0 Å². The van der Waals surface area contributed by atoms with Crippen molar-refractivity contribution in [2.45, 2.75) is 220 Å². The Kier molecular flexibility index (Phi) is 27.9. The van der Waals surface area contributed by atoms with Crippen LogP contribution >= 0.6 is 0 Å². The maximum Gasteiger partial charge on any atom is 0.101 e. The van der Waals surface area contributed by atoms with Crippen LogP contribution in [0.3, 0.4) is 0 Å². The number of unbranched alkanes of at least 4 members (excludes halogenated alkanes) is 26. The predicted octanol–water partition coefficient (Wildman–Crippen LogP) is 13.2. The van der Waals surface area contributed by atoms with Gasteiger partial charge in [0.15, 0.2) is 0 Å². The van der Waals surface area contributed by atoms with Crippen molar-refractivity contribution in [2.75, 3.05) is 13.1 Å². The Morgan fingerprint density at radius 3 is 0.875 bits per heavy atom. The van der Waals surface area contributed by atoms with E-state index in [1.165, 1.54) is 206 Å². The van der Waals surface area contributed by atoms with E-state index in [-0.39, 0.29) is 0 Å². The molecule has 0 amide bonds. The average molecular weight is 561 g/mol. The van der Waals surface area contributed by atoms with E-state index in [4.69, 9.17) is 0 Å². The molecular weight excluding hydrogens is 484 g/mol. The van der Waals surface area contributed by atoms with Gasteiger partial charge in [0, 0.05) is 25.5 Å². The van der Waals surface area contributed by atoms with Crippen molar-refractivity contribution in [3.05, 3.63) is 12.4 Å². The van der Waals surface area contributed by atoms with E-state index < -0.39 is 0 Å². The van der Waals surface area contributed by atoms with Gasteiger partial charge in [-0.1, -0.05) is 188 Å². The Balaban J connectivity index is 2.21. The zero-order valence-electron chi connectivity index (χ0n) is 28.3. The molecule has 0 saturated carbocycles. The van der Waals surface area contributed by atoms with Gasteiger partial charge in [-0.2, -0.15) is 0 Å². The zero-order valence-corrected chi connectivity index (χ0v) is 28.3. The van der Waals surface area contributed by atoms with E-state index in [0.717, 1.165) is 0 Å². The van der Waals surface area contributed by atoms with E-state index in [2.05, 4.69) is 43.0 Å². The summed E-state index contributed by atoms with van der Waals surface area (Å²) in [4.78, 5) is 5.42. The van der Waals surface area contributed by atoms with Gasteiger partial charge in [0.2, 0.25) is 0 Å². The standard InChI is InChI=1S/C38H76N2/c1-4-7-10-13-16-18-20-22-25-28-31-34-39-36-37-40(38(39)33-30-27-24-15-12-9-6-3)35-32-29-26-23-21-19-17-14-11-8-5-2/h36-38H,4-35H2,1-3H3. The molecular formula is C38H76N2. The highest BCUT2D eigenvalue weighted by Gasteiger charge is 2.24. The first-order chi connectivity index (χ1) is 19.8. The topological polar surface area (TPSA) is 6.48 Å². The monoisotopic (exact) mass is 561 g/mol. The summed E-state index contributed by atoms with van der Waals surface area (Å²) < 4.78 is 0. The molecule has 40 heavy (non-hydrogen) atoms. The fraction of sp³-hybridized carbons (Fsp3) is 0.947. The minimum absolute atomic E-state index is 0.641. The van der Waals surface area contributed by atoms with Gasteiger partial charge in [-0.25, -0.2) is 0 Å². The molecule has 1 heterocycles. The summed E-state index contributed by atoms with van der Waals surface area (Å²) in [6.45, 7) is 9.48. The molecule has 0 spiro atoms. The number of rotatable bonds is 32. The van der Waals surface area contributed by atoms with Crippen molar-refractivity contribution < 1.29 is 0 Å². The quantitative estimate of drug-likeness (QED) is 0.0755. The van der Waals surface area contributed by atoms with Crippen LogP contribution in [0, 0.1) is 0 Å². The molecule has 0 aromatic rings. The third-order valence-corrected chi connectivity index (χ3v) is 9.32. The summed E-state index contributed by atoms with van der Waals surface area (Å²) in [7, 11) is 0. The van der Waals surface area contributed by atoms with Crippen molar-refractivity contribution in [3.8, 4) is 0 Å². The van der Waals surface area contributed by atoms with Gasteiger partial charge in [-0.3, -0.25) is 0 Å². The molecule has 0 aromatic carbocycles. The maximum absolute atomic E-state index is 2.71. The molecule has 2 heteroatoms. The van der Waals surface area contributed by atoms with Crippen molar-refractivity contribution in [1.82, 2.24) is 9.80 Å². The zero-order chi connectivity index (χ0) is 28.8. The summed E-state index contributed by atoms with van der Waals surface area (Å²) in [6, 6.07) is 0. The van der Waals surface area contributed by atoms with E-state index in [0.29, 0.717) is 6.17 Å². The summed E-state index contributed by atoms with van der Waals surface area (Å²) in [6.07, 6.45) is 48.4. The Labute approximate surface area is 254 Å². The summed E-state index contributed by atoms with van der Waals surface area (Å²) in [5, 5.41) is 0. The minimum atomic E-state index is 0.641. The van der Waals surface area contributed by atoms with Gasteiger partial charge in [0.25, 0.3) is 0 Å². The molecule has 0 aromatic heterocycles. The van der Waals surface area contributed by atoms with Crippen LogP contribution in [0.15, 0.2) is 12.4 Å². The van der Waals surface area contributed by atoms with Gasteiger partial charge in [-0.05, 0) is 25.7 Å². The summed E-state index contributed by atoms with van der Waals surface area (Å²) >= 11 is 0. The average Bonchev–Trinajstić information content (AvgIpc) is 3.35. The largest absolute Gasteiger partial charge is 0.356 e. The van der Waals surface area contributed by atoms with Gasteiger partial charge >= 0.3 is 0 Å². The fourth-order valence-electron chi connectivity index (χ4n) is 6.54. The Morgan fingerprint density at radius 2 is 0.575 bits per heavy atom. The molecule has 0 radical (unpaired) electrons. The molecule has 0 aliphatic carbocycles. The molecule has 238 valence electrons. The number of hydrogen-bond donors (Lipinski definition) is 0. The first-order valence-electron chi connectivity index (χ1n) is 19.0. The van der Waals surface area contributed by atoms with Crippen LogP contribution < -0.4 is 0 Å². The second-order valence-electron chi connectivity index (χ2n) is 13.2. The maximum atomic E-state index is 2.71. The van der Waals surface area contributed by atoms with Crippen molar-refractivity contribution in [3.63, 3.8) is 0 Å². The first-order valence-corrected chi connectivity index (χ1v) is 19.0. The summed E-state index contributed by atoms with van der Waals surface area (Å²) in [5.74, 6) is 0. The van der Waals surface area contributed by atoms with E-state index in [9.17, 15) is 0 Å². The van der Waals surface area contributed by atoms with Crippen LogP contribution in [-0.4, -0.2) is 29.1 Å². The normalized spacial score (nSPS) is 13.8. The SMILES string of the molecule is CCCCCCCCCCCCCN1C=CN(CCCCCCCCCCCCC)C1CCCCCCCCC. The van der Waals surface area contributed by atoms with Crippen LogP contribution in [0.5, 0.6) is 0 Å². The smallest absolute Gasteiger partial charge is 0.101 e. The lowest BCUT2D eigenvalue weighted by Gasteiger charge is -2.33. The highest BCUT2D eigenvalue weighted by molar-refractivity contribution is 4.97. The third kappa shape index (κ3) is 22.0. The molecule has 0 fully saturated rings. The molecule has 0 atom stereocenters. The second-order valence-corrected chi connectivity index (χ2v) is 13.2. The molecule has 0 saturated heterocycles. The lowest BCUT2D eigenvalue weighted by Crippen LogP contribution is -2.39. The molecule has 0 bridgehead atoms. The molecule has 1 rings (SSSR count). The second kappa shape index (κ2) is 29.8. The predicted molar refractivity (Wildman–Crippen MR) is 182 cm³/mol. The Hall–Kier alpha value is -0.660. The van der Waals surface area contributed by atoms with Crippen molar-refractivity contribution in [2.24, 2.45) is 0 Å². The van der Waals surface area contributed by atoms with E-state index in [1.54, 1.807) is 0 Å². The van der Waals surface area contributed by atoms with Crippen LogP contribution in [0.2, 0.25) is 0 Å². The Bertz CT molecular complexity index is 480. The highest BCUT2D eigenvalue weighted by Crippen LogP contribution is 2.24. The molecule has 0 N–H and O–H groups in total. The Morgan fingerprint density at radius 1 is 0.325 bits per heavy atom. The van der Waals surface area contributed by atoms with Crippen LogP contribution in [0.25, 0.3) is 0 Å². The lowest BCUT2D eigenvalue weighted by atomic mass is 10.0. The van der Waals surface area contributed by atoms with Crippen LogP contribution in [-0.2, 0) is 0 Å². The fourth-order valence-corrected chi connectivity index (χ4v) is 6.54. The third-order valence-electron chi connectivity index (χ3n) is 9.32. The summed E-state index contributed by atoms with van der Waals surface area (Å²) in [5.41, 5.74) is 0. The lowest BCUT2D eigenvalue weighted by molar-refractivity contribution is 0.135. The molecule has 1 aliphatic heterocycles. The van der Waals surface area contributed by atoms with Gasteiger partial charge in [0.05, 0.1) is 0 Å². The minimum Gasteiger partial charge on any atom is -0.356 e. The van der Waals surface area contributed by atoms with Crippen LogP contribution in [0.4, 0.5) is 0 Å². The van der Waals surface area contributed by atoms with Crippen molar-refractivity contribution in [1.29, 1.82) is 0 Å². The van der Waals surface area contributed by atoms with E-state index >= 15 is 0 Å². The molecule has 2 nitrogen and oxygen atoms in total. The van der Waals surface area contributed by atoms with Crippen LogP contribution in [0.1, 0.15) is 213 Å². The first kappa shape index (κ1) is 37.4. The van der Waals surface area contributed by atoms with E-state index in [1.807, 2.05) is 0 Å². The highest BCUT2D eigenvalue weighted by atomic mass is 15.4. The molecule has 0 unspecified atom stereocenters. The van der Waals surface area contributed by atoms with Gasteiger partial charge in [0.1, 0.15) is 6.17 Å².